The molecule has 0 aliphatic carbocycles. The monoisotopic (exact) mass is 365 g/mol. The molecule has 2 amide bonds. The van der Waals surface area contributed by atoms with Crippen LogP contribution in [0.2, 0.25) is 0 Å². The molecule has 0 spiro atoms. The van der Waals surface area contributed by atoms with Crippen LogP contribution in [0.5, 0.6) is 5.75 Å². The van der Waals surface area contributed by atoms with Gasteiger partial charge in [-0.3, -0.25) is 9.59 Å². The lowest BCUT2D eigenvalue weighted by Gasteiger charge is -2.16. The van der Waals surface area contributed by atoms with Gasteiger partial charge in [-0.2, -0.15) is 0 Å². The van der Waals surface area contributed by atoms with Crippen molar-refractivity contribution in [3.63, 3.8) is 0 Å². The van der Waals surface area contributed by atoms with E-state index in [9.17, 15) is 9.59 Å². The van der Waals surface area contributed by atoms with Crippen LogP contribution in [0, 0.1) is 0 Å². The van der Waals surface area contributed by atoms with E-state index in [0.717, 1.165) is 28.6 Å². The fourth-order valence-electron chi connectivity index (χ4n) is 2.94. The SMILES string of the molecule is COc1ccc(CCNC(=O)CN(C)C(=O)c2c[nH]c3ccccc23)cc1. The van der Waals surface area contributed by atoms with Crippen molar-refractivity contribution in [2.75, 3.05) is 27.2 Å². The van der Waals surface area contributed by atoms with Crippen LogP contribution in [0.3, 0.4) is 0 Å². The third-order valence-corrected chi connectivity index (χ3v) is 4.44. The van der Waals surface area contributed by atoms with Gasteiger partial charge in [0, 0.05) is 30.7 Å². The second-order valence-corrected chi connectivity index (χ2v) is 6.36. The maximum atomic E-state index is 12.6. The summed E-state index contributed by atoms with van der Waals surface area (Å²) in [5.74, 6) is 0.442. The molecule has 0 bridgehead atoms. The topological polar surface area (TPSA) is 74.4 Å². The summed E-state index contributed by atoms with van der Waals surface area (Å²) in [6.45, 7) is 0.529. The van der Waals surface area contributed by atoms with E-state index in [-0.39, 0.29) is 18.4 Å². The van der Waals surface area contributed by atoms with Crippen molar-refractivity contribution < 1.29 is 14.3 Å². The van der Waals surface area contributed by atoms with Gasteiger partial charge < -0.3 is 19.9 Å². The average molecular weight is 365 g/mol. The minimum atomic E-state index is -0.183. The number of likely N-dealkylation sites (N-methyl/N-ethyl adjacent to an activating group) is 1. The smallest absolute Gasteiger partial charge is 0.256 e. The Kier molecular flexibility index (Phi) is 5.76. The van der Waals surface area contributed by atoms with Crippen LogP contribution in [0.4, 0.5) is 0 Å². The van der Waals surface area contributed by atoms with Crippen LogP contribution in [-0.2, 0) is 11.2 Å². The number of para-hydroxylation sites is 1. The lowest BCUT2D eigenvalue weighted by molar-refractivity contribution is -0.121. The third kappa shape index (κ3) is 4.47. The van der Waals surface area contributed by atoms with Gasteiger partial charge in [0.25, 0.3) is 5.91 Å². The van der Waals surface area contributed by atoms with E-state index in [0.29, 0.717) is 12.1 Å². The van der Waals surface area contributed by atoms with E-state index < -0.39 is 0 Å². The molecule has 3 rings (SSSR count). The molecule has 0 saturated carbocycles. The predicted octanol–water partition coefficient (Wildman–Crippen LogP) is 2.61. The maximum Gasteiger partial charge on any atom is 0.256 e. The number of carbonyl (C=O) groups excluding carboxylic acids is 2. The van der Waals surface area contributed by atoms with E-state index >= 15 is 0 Å². The van der Waals surface area contributed by atoms with Crippen LogP contribution in [0.1, 0.15) is 15.9 Å². The van der Waals surface area contributed by atoms with Gasteiger partial charge in [-0.05, 0) is 30.2 Å². The number of rotatable bonds is 7. The number of aromatic amines is 1. The van der Waals surface area contributed by atoms with Crippen molar-refractivity contribution in [3.05, 3.63) is 65.9 Å². The Labute approximate surface area is 158 Å². The van der Waals surface area contributed by atoms with Gasteiger partial charge in [-0.25, -0.2) is 0 Å². The minimum Gasteiger partial charge on any atom is -0.497 e. The zero-order valence-electron chi connectivity index (χ0n) is 15.5. The van der Waals surface area contributed by atoms with Gasteiger partial charge in [0.2, 0.25) is 5.91 Å². The largest absolute Gasteiger partial charge is 0.497 e. The Morgan fingerprint density at radius 3 is 2.59 bits per heavy atom. The van der Waals surface area contributed by atoms with Crippen molar-refractivity contribution >= 4 is 22.7 Å². The number of aromatic nitrogens is 1. The number of ether oxygens (including phenoxy) is 1. The van der Waals surface area contributed by atoms with Gasteiger partial charge in [0.1, 0.15) is 5.75 Å². The van der Waals surface area contributed by atoms with Gasteiger partial charge in [-0.15, -0.1) is 0 Å². The van der Waals surface area contributed by atoms with Crippen LogP contribution in [0.25, 0.3) is 10.9 Å². The quantitative estimate of drug-likeness (QED) is 0.676. The number of amides is 2. The highest BCUT2D eigenvalue weighted by Gasteiger charge is 2.18. The predicted molar refractivity (Wildman–Crippen MR) is 105 cm³/mol. The lowest BCUT2D eigenvalue weighted by atomic mass is 10.1. The molecule has 140 valence electrons. The average Bonchev–Trinajstić information content (AvgIpc) is 3.12. The molecule has 0 aliphatic rings. The molecule has 0 radical (unpaired) electrons. The second-order valence-electron chi connectivity index (χ2n) is 6.36. The molecule has 6 nitrogen and oxygen atoms in total. The standard InChI is InChI=1S/C21H23N3O3/c1-24(21(26)18-13-23-19-6-4-3-5-17(18)19)14-20(25)22-12-11-15-7-9-16(27-2)10-8-15/h3-10,13,23H,11-12,14H2,1-2H3,(H,22,25). The van der Waals surface area contributed by atoms with Crippen molar-refractivity contribution in [2.24, 2.45) is 0 Å². The summed E-state index contributed by atoms with van der Waals surface area (Å²) in [5.41, 5.74) is 2.58. The van der Waals surface area contributed by atoms with Crippen molar-refractivity contribution in [2.45, 2.75) is 6.42 Å². The molecule has 0 aliphatic heterocycles. The summed E-state index contributed by atoms with van der Waals surface area (Å²) < 4.78 is 5.13. The maximum absolute atomic E-state index is 12.6. The number of fused-ring (bicyclic) bond motifs is 1. The highest BCUT2D eigenvalue weighted by molar-refractivity contribution is 6.07. The van der Waals surface area contributed by atoms with Crippen LogP contribution < -0.4 is 10.1 Å². The molecular formula is C21H23N3O3. The van der Waals surface area contributed by atoms with Crippen molar-refractivity contribution in [1.29, 1.82) is 0 Å². The molecule has 2 aromatic carbocycles. The molecular weight excluding hydrogens is 342 g/mol. The Bertz CT molecular complexity index is 931. The van der Waals surface area contributed by atoms with Gasteiger partial charge in [0.15, 0.2) is 0 Å². The summed E-state index contributed by atoms with van der Waals surface area (Å²) in [7, 11) is 3.26. The summed E-state index contributed by atoms with van der Waals surface area (Å²) in [6.07, 6.45) is 2.40. The Balaban J connectivity index is 1.50. The summed E-state index contributed by atoms with van der Waals surface area (Å²) in [5, 5.41) is 3.71. The molecule has 27 heavy (non-hydrogen) atoms. The number of benzene rings is 2. The minimum absolute atomic E-state index is 0.0148. The number of hydrogen-bond acceptors (Lipinski definition) is 3. The first-order valence-corrected chi connectivity index (χ1v) is 8.79. The first kappa shape index (κ1) is 18.5. The highest BCUT2D eigenvalue weighted by Crippen LogP contribution is 2.18. The zero-order valence-corrected chi connectivity index (χ0v) is 15.5. The number of methoxy groups -OCH3 is 1. The molecule has 3 aromatic rings. The molecule has 0 unspecified atom stereocenters. The first-order chi connectivity index (χ1) is 13.1. The molecule has 2 N–H and O–H groups in total. The number of H-pyrrole nitrogens is 1. The molecule has 0 atom stereocenters. The van der Waals surface area contributed by atoms with Crippen LogP contribution in [0.15, 0.2) is 54.7 Å². The highest BCUT2D eigenvalue weighted by atomic mass is 16.5. The van der Waals surface area contributed by atoms with Crippen LogP contribution >= 0.6 is 0 Å². The van der Waals surface area contributed by atoms with E-state index in [1.807, 2.05) is 48.5 Å². The Hall–Kier alpha value is -3.28. The first-order valence-electron chi connectivity index (χ1n) is 8.79. The fourth-order valence-corrected chi connectivity index (χ4v) is 2.94. The fraction of sp³-hybridized carbons (Fsp3) is 0.238. The second kappa shape index (κ2) is 8.40. The van der Waals surface area contributed by atoms with Gasteiger partial charge in [-0.1, -0.05) is 30.3 Å². The third-order valence-electron chi connectivity index (χ3n) is 4.44. The van der Waals surface area contributed by atoms with Crippen molar-refractivity contribution in [1.82, 2.24) is 15.2 Å². The number of carbonyl (C=O) groups is 2. The molecule has 0 fully saturated rings. The Morgan fingerprint density at radius 1 is 1.11 bits per heavy atom. The molecule has 6 heteroatoms. The molecule has 0 saturated heterocycles. The van der Waals surface area contributed by atoms with E-state index in [1.54, 1.807) is 20.4 Å². The number of nitrogens with zero attached hydrogens (tertiary/aromatic N) is 1. The van der Waals surface area contributed by atoms with Gasteiger partial charge in [0.05, 0.1) is 19.2 Å². The number of nitrogens with one attached hydrogen (secondary N) is 2. The van der Waals surface area contributed by atoms with E-state index in [1.165, 1.54) is 4.90 Å². The number of hydrogen-bond donors (Lipinski definition) is 2. The van der Waals surface area contributed by atoms with E-state index in [2.05, 4.69) is 10.3 Å². The summed E-state index contributed by atoms with van der Waals surface area (Å²) in [6, 6.07) is 15.3. The van der Waals surface area contributed by atoms with Crippen molar-refractivity contribution in [3.8, 4) is 5.75 Å². The molecule has 1 heterocycles. The van der Waals surface area contributed by atoms with Gasteiger partial charge >= 0.3 is 0 Å². The summed E-state index contributed by atoms with van der Waals surface area (Å²) in [4.78, 5) is 29.3. The summed E-state index contributed by atoms with van der Waals surface area (Å²) >= 11 is 0. The van der Waals surface area contributed by atoms with Crippen LogP contribution in [-0.4, -0.2) is 48.9 Å². The van der Waals surface area contributed by atoms with E-state index in [4.69, 9.17) is 4.74 Å². The lowest BCUT2D eigenvalue weighted by Crippen LogP contribution is -2.39. The molecule has 1 aromatic heterocycles. The Morgan fingerprint density at radius 2 is 1.85 bits per heavy atom. The zero-order chi connectivity index (χ0) is 19.2. The normalized spacial score (nSPS) is 10.6.